The van der Waals surface area contributed by atoms with Crippen molar-refractivity contribution < 1.29 is 9.53 Å². The monoisotopic (exact) mass is 302 g/mol. The van der Waals surface area contributed by atoms with Crippen molar-refractivity contribution in [2.45, 2.75) is 46.1 Å². The number of hydrogen-bond acceptors (Lipinski definition) is 4. The molecular weight excluding hydrogens is 272 g/mol. The summed E-state index contributed by atoms with van der Waals surface area (Å²) < 4.78 is 5.44. The highest BCUT2D eigenvalue weighted by Gasteiger charge is 2.21. The van der Waals surface area contributed by atoms with Gasteiger partial charge in [-0.05, 0) is 57.6 Å². The van der Waals surface area contributed by atoms with E-state index in [4.69, 9.17) is 4.74 Å². The lowest BCUT2D eigenvalue weighted by Gasteiger charge is -2.27. The summed E-state index contributed by atoms with van der Waals surface area (Å²) in [6.45, 7) is 11.2. The van der Waals surface area contributed by atoms with Gasteiger partial charge >= 0.3 is 6.09 Å². The maximum absolute atomic E-state index is 12.1. The number of thioether (sulfide) groups is 1. The van der Waals surface area contributed by atoms with E-state index in [0.29, 0.717) is 0 Å². The van der Waals surface area contributed by atoms with Gasteiger partial charge in [0.25, 0.3) is 0 Å². The molecule has 0 aromatic carbocycles. The van der Waals surface area contributed by atoms with Crippen LogP contribution < -0.4 is 5.32 Å². The summed E-state index contributed by atoms with van der Waals surface area (Å²) in [5.74, 6) is 3.38. The molecule has 0 spiro atoms. The second-order valence-electron chi connectivity index (χ2n) is 6.40. The van der Waals surface area contributed by atoms with Gasteiger partial charge in [-0.1, -0.05) is 6.92 Å². The fourth-order valence-corrected chi connectivity index (χ4v) is 3.44. The van der Waals surface area contributed by atoms with Crippen LogP contribution in [0.5, 0.6) is 0 Å². The Morgan fingerprint density at radius 2 is 2.15 bits per heavy atom. The molecule has 1 amide bonds. The number of rotatable bonds is 7. The lowest BCUT2D eigenvalue weighted by molar-refractivity contribution is 0.0251. The molecule has 1 unspecified atom stereocenters. The SMILES string of the molecule is CCCN(CCNCC1CCSC1)C(=O)OC(C)(C)C. The molecule has 0 aromatic rings. The number of carbonyl (C=O) groups is 1. The number of nitrogens with zero attached hydrogens (tertiary/aromatic N) is 1. The summed E-state index contributed by atoms with van der Waals surface area (Å²) in [6, 6.07) is 0. The van der Waals surface area contributed by atoms with Gasteiger partial charge in [0.05, 0.1) is 0 Å². The summed E-state index contributed by atoms with van der Waals surface area (Å²) in [7, 11) is 0. The highest BCUT2D eigenvalue weighted by Crippen LogP contribution is 2.22. The van der Waals surface area contributed by atoms with E-state index in [0.717, 1.165) is 38.5 Å². The molecule has 0 bridgehead atoms. The number of hydrogen-bond donors (Lipinski definition) is 1. The molecule has 0 saturated carbocycles. The van der Waals surface area contributed by atoms with Gasteiger partial charge in [0.1, 0.15) is 5.60 Å². The molecule has 1 atom stereocenters. The summed E-state index contributed by atoms with van der Waals surface area (Å²) in [6.07, 6.45) is 2.08. The molecule has 1 aliphatic rings. The van der Waals surface area contributed by atoms with E-state index in [1.54, 1.807) is 0 Å². The molecule has 1 aliphatic heterocycles. The van der Waals surface area contributed by atoms with Crippen molar-refractivity contribution in [3.8, 4) is 0 Å². The second kappa shape index (κ2) is 8.78. The molecule has 118 valence electrons. The molecule has 0 aromatic heterocycles. The Kier molecular flexibility index (Phi) is 7.74. The minimum absolute atomic E-state index is 0.197. The molecule has 1 N–H and O–H groups in total. The van der Waals surface area contributed by atoms with Crippen LogP contribution in [0.15, 0.2) is 0 Å². The highest BCUT2D eigenvalue weighted by molar-refractivity contribution is 7.99. The van der Waals surface area contributed by atoms with E-state index >= 15 is 0 Å². The van der Waals surface area contributed by atoms with Gasteiger partial charge < -0.3 is 15.0 Å². The van der Waals surface area contributed by atoms with Crippen LogP contribution in [-0.2, 0) is 4.74 Å². The van der Waals surface area contributed by atoms with E-state index in [1.807, 2.05) is 37.4 Å². The van der Waals surface area contributed by atoms with E-state index in [2.05, 4.69) is 12.2 Å². The molecule has 1 fully saturated rings. The number of carbonyl (C=O) groups excluding carboxylic acids is 1. The molecular formula is C15H30N2O2S. The first kappa shape index (κ1) is 17.6. The Hall–Kier alpha value is -0.420. The van der Waals surface area contributed by atoms with E-state index in [9.17, 15) is 4.79 Å². The van der Waals surface area contributed by atoms with Crippen LogP contribution in [0.4, 0.5) is 4.79 Å². The standard InChI is InChI=1S/C15H30N2O2S/c1-5-8-17(14(18)19-15(2,3)4)9-7-16-11-13-6-10-20-12-13/h13,16H,5-12H2,1-4H3. The number of nitrogens with one attached hydrogen (secondary N) is 1. The van der Waals surface area contributed by atoms with Gasteiger partial charge in [-0.15, -0.1) is 0 Å². The van der Waals surface area contributed by atoms with Crippen molar-refractivity contribution in [3.63, 3.8) is 0 Å². The quantitative estimate of drug-likeness (QED) is 0.734. The Bertz CT molecular complexity index is 286. The van der Waals surface area contributed by atoms with Gasteiger partial charge in [-0.25, -0.2) is 4.79 Å². The first-order valence-electron chi connectivity index (χ1n) is 7.68. The van der Waals surface area contributed by atoms with E-state index in [-0.39, 0.29) is 6.09 Å². The van der Waals surface area contributed by atoms with Crippen LogP contribution in [0.3, 0.4) is 0 Å². The van der Waals surface area contributed by atoms with Crippen molar-refractivity contribution in [2.24, 2.45) is 5.92 Å². The van der Waals surface area contributed by atoms with E-state index in [1.165, 1.54) is 17.9 Å². The summed E-state index contributed by atoms with van der Waals surface area (Å²) >= 11 is 2.04. The smallest absolute Gasteiger partial charge is 0.410 e. The third kappa shape index (κ3) is 7.39. The van der Waals surface area contributed by atoms with Crippen molar-refractivity contribution in [1.29, 1.82) is 0 Å². The Morgan fingerprint density at radius 3 is 2.70 bits per heavy atom. The van der Waals surface area contributed by atoms with Gasteiger partial charge in [0.15, 0.2) is 0 Å². The Morgan fingerprint density at radius 1 is 1.40 bits per heavy atom. The van der Waals surface area contributed by atoms with Crippen LogP contribution in [0.2, 0.25) is 0 Å². The average molecular weight is 302 g/mol. The van der Waals surface area contributed by atoms with Crippen molar-refractivity contribution in [2.75, 3.05) is 37.7 Å². The minimum Gasteiger partial charge on any atom is -0.444 e. The van der Waals surface area contributed by atoms with Gasteiger partial charge in [0.2, 0.25) is 0 Å². The second-order valence-corrected chi connectivity index (χ2v) is 7.55. The van der Waals surface area contributed by atoms with Crippen LogP contribution in [0.25, 0.3) is 0 Å². The van der Waals surface area contributed by atoms with E-state index < -0.39 is 5.60 Å². The predicted molar refractivity (Wildman–Crippen MR) is 86.4 cm³/mol. The first-order chi connectivity index (χ1) is 9.42. The summed E-state index contributed by atoms with van der Waals surface area (Å²) in [5, 5.41) is 3.47. The lowest BCUT2D eigenvalue weighted by Crippen LogP contribution is -2.41. The molecule has 4 nitrogen and oxygen atoms in total. The maximum atomic E-state index is 12.1. The summed E-state index contributed by atoms with van der Waals surface area (Å²) in [4.78, 5) is 13.9. The van der Waals surface area contributed by atoms with Crippen LogP contribution in [0.1, 0.15) is 40.5 Å². The van der Waals surface area contributed by atoms with Gasteiger partial charge in [-0.2, -0.15) is 11.8 Å². The minimum atomic E-state index is -0.419. The number of amides is 1. The lowest BCUT2D eigenvalue weighted by atomic mass is 10.1. The topological polar surface area (TPSA) is 41.6 Å². The zero-order valence-corrected chi connectivity index (χ0v) is 14.2. The average Bonchev–Trinajstić information content (AvgIpc) is 2.83. The molecule has 1 saturated heterocycles. The molecule has 20 heavy (non-hydrogen) atoms. The third-order valence-corrected chi connectivity index (χ3v) is 4.39. The fourth-order valence-electron chi connectivity index (χ4n) is 2.16. The highest BCUT2D eigenvalue weighted by atomic mass is 32.2. The normalized spacial score (nSPS) is 19.1. The maximum Gasteiger partial charge on any atom is 0.410 e. The molecule has 1 heterocycles. The first-order valence-corrected chi connectivity index (χ1v) is 8.84. The molecule has 0 aliphatic carbocycles. The molecule has 1 rings (SSSR count). The van der Waals surface area contributed by atoms with Crippen LogP contribution >= 0.6 is 11.8 Å². The molecule has 0 radical (unpaired) electrons. The van der Waals surface area contributed by atoms with Crippen LogP contribution in [0, 0.1) is 5.92 Å². The van der Waals surface area contributed by atoms with Crippen molar-refractivity contribution in [1.82, 2.24) is 10.2 Å². The largest absolute Gasteiger partial charge is 0.444 e. The zero-order chi connectivity index (χ0) is 15.0. The molecule has 5 heteroatoms. The zero-order valence-electron chi connectivity index (χ0n) is 13.4. The van der Waals surface area contributed by atoms with Crippen molar-refractivity contribution >= 4 is 17.9 Å². The van der Waals surface area contributed by atoms with Crippen molar-refractivity contribution in [3.05, 3.63) is 0 Å². The van der Waals surface area contributed by atoms with Gasteiger partial charge in [0, 0.05) is 19.6 Å². The predicted octanol–water partition coefficient (Wildman–Crippen LogP) is 2.98. The summed E-state index contributed by atoms with van der Waals surface area (Å²) in [5.41, 5.74) is -0.419. The van der Waals surface area contributed by atoms with Gasteiger partial charge in [-0.3, -0.25) is 0 Å². The Labute approximate surface area is 128 Å². The number of ether oxygens (including phenoxy) is 1. The third-order valence-electron chi connectivity index (χ3n) is 3.16. The fraction of sp³-hybridized carbons (Fsp3) is 0.933. The Balaban J connectivity index is 2.25. The van der Waals surface area contributed by atoms with Crippen LogP contribution in [-0.4, -0.2) is 54.3 Å².